The summed E-state index contributed by atoms with van der Waals surface area (Å²) in [7, 11) is 0.534. The molecule has 0 aromatic carbocycles. The van der Waals surface area contributed by atoms with E-state index in [0.717, 1.165) is 6.07 Å². The van der Waals surface area contributed by atoms with Crippen LogP contribution in [-0.4, -0.2) is 34.8 Å². The average Bonchev–Trinajstić information content (AvgIpc) is 2.20. The van der Waals surface area contributed by atoms with Crippen LogP contribution in [0.5, 0.6) is 0 Å². The third-order valence-electron chi connectivity index (χ3n) is 1.85. The van der Waals surface area contributed by atoms with Crippen molar-refractivity contribution in [2.45, 2.75) is 0 Å². The SMILES string of the molecule is CNc1nc(NCCS(C)=O)c(F)cc1F. The van der Waals surface area contributed by atoms with E-state index < -0.39 is 22.4 Å². The van der Waals surface area contributed by atoms with Crippen LogP contribution in [0.1, 0.15) is 0 Å². The Morgan fingerprint density at radius 3 is 2.56 bits per heavy atom. The van der Waals surface area contributed by atoms with Crippen LogP contribution < -0.4 is 10.6 Å². The van der Waals surface area contributed by atoms with Gasteiger partial charge in [-0.2, -0.15) is 0 Å². The number of pyridine rings is 1. The maximum Gasteiger partial charge on any atom is 0.168 e. The Hall–Kier alpha value is -1.24. The largest absolute Gasteiger partial charge is 0.371 e. The van der Waals surface area contributed by atoms with Gasteiger partial charge in [0.05, 0.1) is 0 Å². The minimum absolute atomic E-state index is 0.0264. The molecule has 90 valence electrons. The zero-order valence-corrected chi connectivity index (χ0v) is 9.83. The highest BCUT2D eigenvalue weighted by atomic mass is 32.2. The standard InChI is InChI=1S/C9H13F2N3OS/c1-12-8-6(10)5-7(11)9(14-8)13-3-4-16(2)15/h5H,3-4H2,1-2H3,(H2,12,13,14). The Kier molecular flexibility index (Phi) is 4.60. The molecule has 16 heavy (non-hydrogen) atoms. The first-order valence-electron chi connectivity index (χ1n) is 4.62. The fourth-order valence-corrected chi connectivity index (χ4v) is 1.47. The minimum atomic E-state index is -0.960. The summed E-state index contributed by atoms with van der Waals surface area (Å²) in [5.41, 5.74) is 0. The first kappa shape index (κ1) is 12.8. The molecule has 1 atom stereocenters. The lowest BCUT2D eigenvalue weighted by Crippen LogP contribution is -2.13. The van der Waals surface area contributed by atoms with E-state index in [1.54, 1.807) is 6.26 Å². The molecular weight excluding hydrogens is 236 g/mol. The Bertz CT molecular complexity index is 401. The maximum atomic E-state index is 13.2. The summed E-state index contributed by atoms with van der Waals surface area (Å²) in [6.07, 6.45) is 1.55. The molecule has 0 fully saturated rings. The smallest absolute Gasteiger partial charge is 0.168 e. The highest BCUT2D eigenvalue weighted by Gasteiger charge is 2.10. The number of anilines is 2. The van der Waals surface area contributed by atoms with Gasteiger partial charge in [-0.15, -0.1) is 0 Å². The molecule has 0 spiro atoms. The number of aromatic nitrogens is 1. The van der Waals surface area contributed by atoms with E-state index in [4.69, 9.17) is 0 Å². The predicted octanol–water partition coefficient (Wildman–Crippen LogP) is 1.19. The van der Waals surface area contributed by atoms with Crippen LogP contribution in [0.2, 0.25) is 0 Å². The highest BCUT2D eigenvalue weighted by Crippen LogP contribution is 2.18. The average molecular weight is 249 g/mol. The fourth-order valence-electron chi connectivity index (χ4n) is 1.08. The normalized spacial score (nSPS) is 12.2. The van der Waals surface area contributed by atoms with Crippen LogP contribution in [0, 0.1) is 11.6 Å². The maximum absolute atomic E-state index is 13.2. The van der Waals surface area contributed by atoms with Crippen LogP contribution in [0.25, 0.3) is 0 Å². The van der Waals surface area contributed by atoms with Gasteiger partial charge < -0.3 is 10.6 Å². The number of hydrogen-bond donors (Lipinski definition) is 2. The molecule has 2 N–H and O–H groups in total. The molecule has 1 rings (SSSR count). The second-order valence-electron chi connectivity index (χ2n) is 3.10. The molecule has 4 nitrogen and oxygen atoms in total. The molecule has 0 saturated carbocycles. The lowest BCUT2D eigenvalue weighted by Gasteiger charge is -2.08. The van der Waals surface area contributed by atoms with Crippen LogP contribution in [0.15, 0.2) is 6.07 Å². The monoisotopic (exact) mass is 249 g/mol. The molecule has 7 heteroatoms. The van der Waals surface area contributed by atoms with Crippen LogP contribution in [0.3, 0.4) is 0 Å². The van der Waals surface area contributed by atoms with Gasteiger partial charge in [-0.3, -0.25) is 4.21 Å². The van der Waals surface area contributed by atoms with E-state index in [2.05, 4.69) is 15.6 Å². The molecule has 0 aliphatic heterocycles. The molecule has 0 amide bonds. The van der Waals surface area contributed by atoms with Crippen LogP contribution in [-0.2, 0) is 10.8 Å². The van der Waals surface area contributed by atoms with Crippen molar-refractivity contribution < 1.29 is 13.0 Å². The molecular formula is C9H13F2N3OS. The summed E-state index contributed by atoms with van der Waals surface area (Å²) < 4.78 is 37.0. The minimum Gasteiger partial charge on any atom is -0.371 e. The second-order valence-corrected chi connectivity index (χ2v) is 4.66. The summed E-state index contributed by atoms with van der Waals surface area (Å²) in [5, 5.41) is 5.17. The molecule has 0 aliphatic carbocycles. The van der Waals surface area contributed by atoms with Gasteiger partial charge in [-0.05, 0) is 0 Å². The van der Waals surface area contributed by atoms with Gasteiger partial charge in [0.25, 0.3) is 0 Å². The zero-order valence-electron chi connectivity index (χ0n) is 9.01. The van der Waals surface area contributed by atoms with Gasteiger partial charge >= 0.3 is 0 Å². The van der Waals surface area contributed by atoms with Gasteiger partial charge in [-0.1, -0.05) is 0 Å². The summed E-state index contributed by atoms with van der Waals surface area (Å²) in [5.74, 6) is -1.20. The van der Waals surface area contributed by atoms with E-state index in [1.807, 2.05) is 0 Å². The van der Waals surface area contributed by atoms with Crippen molar-refractivity contribution in [2.75, 3.05) is 36.2 Å². The number of nitrogens with zero attached hydrogens (tertiary/aromatic N) is 1. The molecule has 0 bridgehead atoms. The summed E-state index contributed by atoms with van der Waals surface area (Å²) in [4.78, 5) is 3.72. The number of hydrogen-bond acceptors (Lipinski definition) is 4. The Morgan fingerprint density at radius 1 is 1.38 bits per heavy atom. The van der Waals surface area contributed by atoms with E-state index in [1.165, 1.54) is 7.05 Å². The van der Waals surface area contributed by atoms with Gasteiger partial charge in [0, 0.05) is 42.5 Å². The Labute approximate surface area is 94.9 Å². The van der Waals surface area contributed by atoms with E-state index in [0.29, 0.717) is 12.3 Å². The van der Waals surface area contributed by atoms with Crippen molar-refractivity contribution in [1.29, 1.82) is 0 Å². The predicted molar refractivity (Wildman–Crippen MR) is 61.1 cm³/mol. The van der Waals surface area contributed by atoms with Crippen LogP contribution >= 0.6 is 0 Å². The number of halogens is 2. The molecule has 0 aliphatic rings. The van der Waals surface area contributed by atoms with E-state index in [9.17, 15) is 13.0 Å². The number of rotatable bonds is 5. The van der Waals surface area contributed by atoms with E-state index >= 15 is 0 Å². The summed E-state index contributed by atoms with van der Waals surface area (Å²) >= 11 is 0. The molecule has 1 unspecified atom stereocenters. The number of nitrogens with one attached hydrogen (secondary N) is 2. The topological polar surface area (TPSA) is 54.0 Å². The summed E-state index contributed by atoms with van der Waals surface area (Å²) in [6.45, 7) is 0.321. The molecule has 1 heterocycles. The quantitative estimate of drug-likeness (QED) is 0.823. The zero-order chi connectivity index (χ0) is 12.1. The fraction of sp³-hybridized carbons (Fsp3) is 0.444. The van der Waals surface area contributed by atoms with Gasteiger partial charge in [-0.25, -0.2) is 13.8 Å². The van der Waals surface area contributed by atoms with Crippen molar-refractivity contribution in [3.8, 4) is 0 Å². The van der Waals surface area contributed by atoms with Gasteiger partial charge in [0.15, 0.2) is 23.3 Å². The first-order chi connectivity index (χ1) is 7.54. The van der Waals surface area contributed by atoms with Gasteiger partial charge in [0.2, 0.25) is 0 Å². The third kappa shape index (κ3) is 3.41. The van der Waals surface area contributed by atoms with Crippen molar-refractivity contribution in [2.24, 2.45) is 0 Å². The third-order valence-corrected chi connectivity index (χ3v) is 2.63. The van der Waals surface area contributed by atoms with Gasteiger partial charge in [0.1, 0.15) is 0 Å². The lowest BCUT2D eigenvalue weighted by atomic mass is 10.4. The Balaban J connectivity index is 2.75. The molecule has 0 saturated heterocycles. The van der Waals surface area contributed by atoms with Crippen LogP contribution in [0.4, 0.5) is 20.4 Å². The van der Waals surface area contributed by atoms with Crippen molar-refractivity contribution in [3.05, 3.63) is 17.7 Å². The lowest BCUT2D eigenvalue weighted by molar-refractivity contribution is 0.579. The van der Waals surface area contributed by atoms with Crippen molar-refractivity contribution in [1.82, 2.24) is 4.98 Å². The second kappa shape index (κ2) is 5.74. The first-order valence-corrected chi connectivity index (χ1v) is 6.35. The van der Waals surface area contributed by atoms with Crippen molar-refractivity contribution in [3.63, 3.8) is 0 Å². The molecule has 0 radical (unpaired) electrons. The molecule has 1 aromatic rings. The Morgan fingerprint density at radius 2 is 2.00 bits per heavy atom. The van der Waals surface area contributed by atoms with Crippen molar-refractivity contribution >= 4 is 22.4 Å². The van der Waals surface area contributed by atoms with E-state index in [-0.39, 0.29) is 11.6 Å². The molecule has 1 aromatic heterocycles. The summed E-state index contributed by atoms with van der Waals surface area (Å²) in [6, 6.07) is 0.754. The highest BCUT2D eigenvalue weighted by molar-refractivity contribution is 7.84.